The first-order chi connectivity index (χ1) is 9.00. The zero-order valence-electron chi connectivity index (χ0n) is 11.6. The summed E-state index contributed by atoms with van der Waals surface area (Å²) in [6.45, 7) is 7.59. The quantitative estimate of drug-likeness (QED) is 0.864. The van der Waals surface area contributed by atoms with E-state index in [4.69, 9.17) is 0 Å². The van der Waals surface area contributed by atoms with Crippen LogP contribution in [-0.4, -0.2) is 47.7 Å². The van der Waals surface area contributed by atoms with Crippen LogP contribution in [-0.2, 0) is 4.79 Å². The highest BCUT2D eigenvalue weighted by molar-refractivity contribution is 5.76. The minimum atomic E-state index is -0.750. The maximum atomic E-state index is 11.5. The number of nitrogens with one attached hydrogen (secondary N) is 1. The van der Waals surface area contributed by atoms with Crippen molar-refractivity contribution in [3.8, 4) is 0 Å². The van der Waals surface area contributed by atoms with Gasteiger partial charge in [-0.1, -0.05) is 30.3 Å². The van der Waals surface area contributed by atoms with Crippen molar-refractivity contribution in [1.82, 2.24) is 10.2 Å². The van der Waals surface area contributed by atoms with Crippen LogP contribution >= 0.6 is 0 Å². The Labute approximate surface area is 114 Å². The number of benzene rings is 1. The summed E-state index contributed by atoms with van der Waals surface area (Å²) in [5, 5.41) is 12.8. The molecule has 1 saturated heterocycles. The van der Waals surface area contributed by atoms with Gasteiger partial charge in [-0.05, 0) is 19.4 Å². The van der Waals surface area contributed by atoms with Crippen molar-refractivity contribution in [2.24, 2.45) is 0 Å². The fourth-order valence-corrected chi connectivity index (χ4v) is 2.59. The third kappa shape index (κ3) is 3.33. The molecular weight excluding hydrogens is 240 g/mol. The molecule has 0 aromatic heterocycles. The second kappa shape index (κ2) is 5.72. The second-order valence-electron chi connectivity index (χ2n) is 5.74. The predicted octanol–water partition coefficient (Wildman–Crippen LogP) is 1.54. The van der Waals surface area contributed by atoms with Gasteiger partial charge >= 0.3 is 5.97 Å². The first-order valence-electron chi connectivity index (χ1n) is 6.74. The van der Waals surface area contributed by atoms with E-state index in [1.165, 1.54) is 0 Å². The maximum Gasteiger partial charge on any atom is 0.312 e. The number of carbonyl (C=O) groups is 1. The molecule has 0 saturated carbocycles. The van der Waals surface area contributed by atoms with Gasteiger partial charge in [-0.15, -0.1) is 0 Å². The Balaban J connectivity index is 2.15. The number of carboxylic acid groups (broad SMARTS) is 1. The largest absolute Gasteiger partial charge is 0.481 e. The van der Waals surface area contributed by atoms with Crippen LogP contribution in [0.3, 0.4) is 0 Å². The molecule has 104 valence electrons. The van der Waals surface area contributed by atoms with Crippen LogP contribution in [0.5, 0.6) is 0 Å². The van der Waals surface area contributed by atoms with E-state index in [1.54, 1.807) is 0 Å². The Kier molecular flexibility index (Phi) is 4.22. The Bertz CT molecular complexity index is 431. The van der Waals surface area contributed by atoms with Crippen LogP contribution < -0.4 is 5.32 Å². The molecule has 1 aliphatic heterocycles. The third-order valence-corrected chi connectivity index (χ3v) is 3.88. The minimum absolute atomic E-state index is 0.000725. The van der Waals surface area contributed by atoms with Crippen LogP contribution in [0.4, 0.5) is 0 Å². The fourth-order valence-electron chi connectivity index (χ4n) is 2.59. The summed E-state index contributed by atoms with van der Waals surface area (Å²) in [5.74, 6) is -1.21. The van der Waals surface area contributed by atoms with E-state index in [2.05, 4.69) is 24.1 Å². The molecule has 1 atom stereocenters. The molecule has 2 rings (SSSR count). The number of aliphatic carboxylic acids is 1. The molecule has 1 aliphatic rings. The van der Waals surface area contributed by atoms with Crippen molar-refractivity contribution in [3.63, 3.8) is 0 Å². The van der Waals surface area contributed by atoms with Crippen LogP contribution in [0.1, 0.15) is 25.3 Å². The lowest BCUT2D eigenvalue weighted by atomic mass is 9.94. The van der Waals surface area contributed by atoms with Crippen LogP contribution in [0.25, 0.3) is 0 Å². The van der Waals surface area contributed by atoms with Gasteiger partial charge in [-0.25, -0.2) is 0 Å². The standard InChI is InChI=1S/C15H22N2O2/c1-15(2)11-16-8-9-17(15)10-13(14(18)19)12-6-4-3-5-7-12/h3-7,13,16H,8-11H2,1-2H3,(H,18,19). The van der Waals surface area contributed by atoms with Crippen LogP contribution in [0.2, 0.25) is 0 Å². The third-order valence-electron chi connectivity index (χ3n) is 3.88. The normalized spacial score (nSPS) is 20.9. The summed E-state index contributed by atoms with van der Waals surface area (Å²) in [6.07, 6.45) is 0. The lowest BCUT2D eigenvalue weighted by Crippen LogP contribution is -2.59. The maximum absolute atomic E-state index is 11.5. The molecular formula is C15H22N2O2. The lowest BCUT2D eigenvalue weighted by molar-refractivity contribution is -0.139. The summed E-state index contributed by atoms with van der Waals surface area (Å²) in [5.41, 5.74) is 0.880. The highest BCUT2D eigenvalue weighted by atomic mass is 16.4. The molecule has 1 unspecified atom stereocenters. The van der Waals surface area contributed by atoms with Gasteiger partial charge in [-0.2, -0.15) is 0 Å². The number of nitrogens with zero attached hydrogens (tertiary/aromatic N) is 1. The Morgan fingerprint density at radius 1 is 1.42 bits per heavy atom. The molecule has 0 amide bonds. The molecule has 0 bridgehead atoms. The molecule has 1 fully saturated rings. The van der Waals surface area contributed by atoms with Gasteiger partial charge < -0.3 is 10.4 Å². The van der Waals surface area contributed by atoms with E-state index in [1.807, 2.05) is 30.3 Å². The number of hydrogen-bond donors (Lipinski definition) is 2. The highest BCUT2D eigenvalue weighted by Crippen LogP contribution is 2.23. The van der Waals surface area contributed by atoms with Crippen molar-refractivity contribution in [1.29, 1.82) is 0 Å². The zero-order chi connectivity index (χ0) is 13.9. The van der Waals surface area contributed by atoms with Gasteiger partial charge in [0.25, 0.3) is 0 Å². The number of rotatable bonds is 4. The minimum Gasteiger partial charge on any atom is -0.481 e. The van der Waals surface area contributed by atoms with Gasteiger partial charge in [0, 0.05) is 31.7 Å². The molecule has 0 radical (unpaired) electrons. The summed E-state index contributed by atoms with van der Waals surface area (Å²) in [7, 11) is 0. The number of carboxylic acids is 1. The van der Waals surface area contributed by atoms with Gasteiger partial charge in [0.1, 0.15) is 0 Å². The first-order valence-corrected chi connectivity index (χ1v) is 6.74. The van der Waals surface area contributed by atoms with Gasteiger partial charge in [-0.3, -0.25) is 9.69 Å². The highest BCUT2D eigenvalue weighted by Gasteiger charge is 2.33. The fraction of sp³-hybridized carbons (Fsp3) is 0.533. The molecule has 1 heterocycles. The topological polar surface area (TPSA) is 52.6 Å². The molecule has 4 heteroatoms. The Morgan fingerprint density at radius 3 is 2.68 bits per heavy atom. The smallest absolute Gasteiger partial charge is 0.312 e. The summed E-state index contributed by atoms with van der Waals surface area (Å²) in [6, 6.07) is 9.50. The van der Waals surface area contributed by atoms with E-state index in [0.717, 1.165) is 25.2 Å². The predicted molar refractivity (Wildman–Crippen MR) is 75.3 cm³/mol. The molecule has 19 heavy (non-hydrogen) atoms. The van der Waals surface area contributed by atoms with Crippen molar-refractivity contribution in [3.05, 3.63) is 35.9 Å². The van der Waals surface area contributed by atoms with Crippen molar-refractivity contribution < 1.29 is 9.90 Å². The molecule has 4 nitrogen and oxygen atoms in total. The summed E-state index contributed by atoms with van der Waals surface area (Å²) >= 11 is 0. The van der Waals surface area contributed by atoms with E-state index in [0.29, 0.717) is 6.54 Å². The van der Waals surface area contributed by atoms with Crippen LogP contribution in [0.15, 0.2) is 30.3 Å². The van der Waals surface area contributed by atoms with E-state index in [-0.39, 0.29) is 5.54 Å². The summed E-state index contributed by atoms with van der Waals surface area (Å²) in [4.78, 5) is 13.8. The Morgan fingerprint density at radius 2 is 2.11 bits per heavy atom. The monoisotopic (exact) mass is 262 g/mol. The van der Waals surface area contributed by atoms with Gasteiger partial charge in [0.2, 0.25) is 0 Å². The van der Waals surface area contributed by atoms with Crippen molar-refractivity contribution in [2.45, 2.75) is 25.3 Å². The number of piperazine rings is 1. The first kappa shape index (κ1) is 14.0. The lowest BCUT2D eigenvalue weighted by Gasteiger charge is -2.43. The van der Waals surface area contributed by atoms with E-state index >= 15 is 0 Å². The van der Waals surface area contributed by atoms with E-state index < -0.39 is 11.9 Å². The molecule has 1 aromatic rings. The Hall–Kier alpha value is -1.39. The molecule has 2 N–H and O–H groups in total. The number of hydrogen-bond acceptors (Lipinski definition) is 3. The average Bonchev–Trinajstić information content (AvgIpc) is 2.37. The zero-order valence-corrected chi connectivity index (χ0v) is 11.6. The van der Waals surface area contributed by atoms with E-state index in [9.17, 15) is 9.90 Å². The SMILES string of the molecule is CC1(C)CNCCN1CC(C(=O)O)c1ccccc1. The van der Waals surface area contributed by atoms with Crippen molar-refractivity contribution in [2.75, 3.05) is 26.2 Å². The second-order valence-corrected chi connectivity index (χ2v) is 5.74. The molecule has 0 aliphatic carbocycles. The molecule has 1 aromatic carbocycles. The average molecular weight is 262 g/mol. The van der Waals surface area contributed by atoms with Gasteiger partial charge in [0.05, 0.1) is 5.92 Å². The molecule has 0 spiro atoms. The van der Waals surface area contributed by atoms with Gasteiger partial charge in [0.15, 0.2) is 0 Å². The summed E-state index contributed by atoms with van der Waals surface area (Å²) < 4.78 is 0. The van der Waals surface area contributed by atoms with Crippen molar-refractivity contribution >= 4 is 5.97 Å². The van der Waals surface area contributed by atoms with Crippen LogP contribution in [0, 0.1) is 0 Å².